The molecule has 0 bridgehead atoms. The molecule has 0 aliphatic heterocycles. The minimum Gasteiger partial charge on any atom is -0.325 e. The number of hydrogen-bond acceptors (Lipinski definition) is 6. The van der Waals surface area contributed by atoms with Gasteiger partial charge < -0.3 is 15.6 Å². The van der Waals surface area contributed by atoms with Gasteiger partial charge in [-0.05, 0) is 55.2 Å². The molecular formula is C25H22N4O3S2. The first-order valence-electron chi connectivity index (χ1n) is 10.9. The van der Waals surface area contributed by atoms with Crippen LogP contribution in [0.25, 0.3) is 10.2 Å². The second-order valence-corrected chi connectivity index (χ2v) is 10.1. The number of aryl methyl sites for hydroxylation is 2. The van der Waals surface area contributed by atoms with Crippen molar-refractivity contribution in [3.63, 3.8) is 0 Å². The van der Waals surface area contributed by atoms with Crippen LogP contribution in [-0.4, -0.2) is 27.5 Å². The average Bonchev–Trinajstić information content (AvgIpc) is 3.41. The van der Waals surface area contributed by atoms with Gasteiger partial charge in [-0.15, -0.1) is 23.1 Å². The second kappa shape index (κ2) is 9.82. The fourth-order valence-corrected chi connectivity index (χ4v) is 5.99. The molecule has 9 heteroatoms. The average molecular weight is 491 g/mol. The molecule has 1 aliphatic rings. The zero-order valence-electron chi connectivity index (χ0n) is 18.2. The molecule has 1 aliphatic carbocycles. The van der Waals surface area contributed by atoms with Crippen LogP contribution in [0.4, 0.5) is 11.4 Å². The summed E-state index contributed by atoms with van der Waals surface area (Å²) in [7, 11) is 0. The van der Waals surface area contributed by atoms with Crippen LogP contribution < -0.4 is 16.2 Å². The molecule has 0 saturated heterocycles. The Hall–Kier alpha value is -3.43. The van der Waals surface area contributed by atoms with Crippen molar-refractivity contribution < 1.29 is 9.59 Å². The number of thioether (sulfide) groups is 1. The van der Waals surface area contributed by atoms with Gasteiger partial charge >= 0.3 is 0 Å². The molecule has 0 atom stereocenters. The molecule has 0 fully saturated rings. The predicted molar refractivity (Wildman–Crippen MR) is 138 cm³/mol. The van der Waals surface area contributed by atoms with E-state index < -0.39 is 0 Å². The Kier molecular flexibility index (Phi) is 6.46. The van der Waals surface area contributed by atoms with Crippen molar-refractivity contribution in [3.05, 3.63) is 86.8 Å². The van der Waals surface area contributed by atoms with Gasteiger partial charge in [-0.2, -0.15) is 0 Å². The molecule has 172 valence electrons. The number of amides is 2. The van der Waals surface area contributed by atoms with Gasteiger partial charge in [-0.1, -0.05) is 24.3 Å². The van der Waals surface area contributed by atoms with Gasteiger partial charge in [0.15, 0.2) is 0 Å². The van der Waals surface area contributed by atoms with Crippen molar-refractivity contribution >= 4 is 56.5 Å². The minimum atomic E-state index is -0.214. The van der Waals surface area contributed by atoms with Crippen LogP contribution >= 0.6 is 23.1 Å². The topological polar surface area (TPSA) is 104 Å². The molecule has 5 rings (SSSR count). The third kappa shape index (κ3) is 4.90. The van der Waals surface area contributed by atoms with Crippen LogP contribution in [0.2, 0.25) is 0 Å². The number of carbonyl (C=O) groups is 2. The Morgan fingerprint density at radius 1 is 1.03 bits per heavy atom. The van der Waals surface area contributed by atoms with Crippen molar-refractivity contribution in [2.24, 2.45) is 0 Å². The van der Waals surface area contributed by atoms with E-state index in [0.29, 0.717) is 28.5 Å². The molecule has 0 saturated carbocycles. The largest absolute Gasteiger partial charge is 0.325 e. The lowest BCUT2D eigenvalue weighted by Gasteiger charge is -2.09. The fraction of sp³-hybridized carbons (Fsp3) is 0.200. The van der Waals surface area contributed by atoms with E-state index in [1.807, 2.05) is 6.07 Å². The number of thiophene rings is 1. The first-order chi connectivity index (χ1) is 16.6. The summed E-state index contributed by atoms with van der Waals surface area (Å²) in [5.41, 5.74) is 2.83. The summed E-state index contributed by atoms with van der Waals surface area (Å²) in [4.78, 5) is 46.9. The summed E-state index contributed by atoms with van der Waals surface area (Å²) in [6, 6.07) is 16.0. The second-order valence-electron chi connectivity index (χ2n) is 7.99. The lowest BCUT2D eigenvalue weighted by atomic mass is 10.2. The number of aromatic amines is 1. The van der Waals surface area contributed by atoms with Gasteiger partial charge in [-0.3, -0.25) is 14.4 Å². The molecule has 2 aromatic heterocycles. The van der Waals surface area contributed by atoms with Crippen molar-refractivity contribution in [1.29, 1.82) is 0 Å². The van der Waals surface area contributed by atoms with Gasteiger partial charge in [0, 0.05) is 21.8 Å². The van der Waals surface area contributed by atoms with Crippen molar-refractivity contribution in [1.82, 2.24) is 9.97 Å². The van der Waals surface area contributed by atoms with Crippen LogP contribution in [0.15, 0.2) is 59.4 Å². The van der Waals surface area contributed by atoms with E-state index in [2.05, 4.69) is 20.6 Å². The summed E-state index contributed by atoms with van der Waals surface area (Å²) in [5.74, 6) is 0.849. The van der Waals surface area contributed by atoms with Gasteiger partial charge in [0.2, 0.25) is 5.91 Å². The van der Waals surface area contributed by atoms with E-state index in [0.717, 1.165) is 35.0 Å². The van der Waals surface area contributed by atoms with Crippen LogP contribution in [0.1, 0.15) is 33.0 Å². The smallest absolute Gasteiger partial charge is 0.259 e. The standard InChI is InChI=1S/C25H22N4O3S2/c30-21(26-16-8-4-9-17(12-16)27-23(31)15-6-2-1-3-7-15)14-33-13-20-28-24(32)22-18-10-5-11-19(18)34-25(22)29-20/h1-4,6-9,12H,5,10-11,13-14H2,(H,26,30)(H,27,31)(H,28,29,32). The van der Waals surface area contributed by atoms with Gasteiger partial charge in [0.25, 0.3) is 11.5 Å². The molecule has 0 unspecified atom stereocenters. The maximum atomic E-state index is 12.6. The fourth-order valence-electron chi connectivity index (χ4n) is 4.02. The van der Waals surface area contributed by atoms with Gasteiger partial charge in [-0.25, -0.2) is 4.98 Å². The summed E-state index contributed by atoms with van der Waals surface area (Å²) >= 11 is 2.99. The highest BCUT2D eigenvalue weighted by Gasteiger charge is 2.21. The molecular weight excluding hydrogens is 468 g/mol. The maximum absolute atomic E-state index is 12.6. The Balaban J connectivity index is 1.16. The quantitative estimate of drug-likeness (QED) is 0.351. The van der Waals surface area contributed by atoms with Crippen LogP contribution in [0, 0.1) is 0 Å². The number of aromatic nitrogens is 2. The van der Waals surface area contributed by atoms with E-state index in [9.17, 15) is 14.4 Å². The number of benzene rings is 2. The zero-order valence-corrected chi connectivity index (χ0v) is 19.9. The summed E-state index contributed by atoms with van der Waals surface area (Å²) in [6.45, 7) is 0. The van der Waals surface area contributed by atoms with Crippen LogP contribution in [-0.2, 0) is 23.4 Å². The van der Waals surface area contributed by atoms with E-state index in [1.165, 1.54) is 16.6 Å². The van der Waals surface area contributed by atoms with Gasteiger partial charge in [0.1, 0.15) is 10.7 Å². The summed E-state index contributed by atoms with van der Waals surface area (Å²) in [6.07, 6.45) is 3.08. The maximum Gasteiger partial charge on any atom is 0.259 e. The highest BCUT2D eigenvalue weighted by atomic mass is 32.2. The predicted octanol–water partition coefficient (Wildman–Crippen LogP) is 4.60. The number of carbonyl (C=O) groups excluding carboxylic acids is 2. The Bertz CT molecular complexity index is 1430. The number of rotatable bonds is 7. The monoisotopic (exact) mass is 490 g/mol. The first kappa shape index (κ1) is 22.4. The van der Waals surface area contributed by atoms with E-state index >= 15 is 0 Å². The third-order valence-corrected chi connectivity index (χ3v) is 7.67. The number of fused-ring (bicyclic) bond motifs is 3. The normalized spacial score (nSPS) is 12.5. The number of hydrogen-bond donors (Lipinski definition) is 3. The minimum absolute atomic E-state index is 0.0844. The molecule has 7 nitrogen and oxygen atoms in total. The van der Waals surface area contributed by atoms with Crippen molar-refractivity contribution in [3.8, 4) is 0 Å². The van der Waals surface area contributed by atoms with E-state index in [-0.39, 0.29) is 23.1 Å². The van der Waals surface area contributed by atoms with Gasteiger partial charge in [0.05, 0.1) is 16.9 Å². The lowest BCUT2D eigenvalue weighted by molar-refractivity contribution is -0.113. The number of nitrogens with one attached hydrogen (secondary N) is 3. The first-order valence-corrected chi connectivity index (χ1v) is 12.9. The highest BCUT2D eigenvalue weighted by molar-refractivity contribution is 7.99. The molecule has 2 heterocycles. The number of nitrogens with zero attached hydrogens (tertiary/aromatic N) is 1. The van der Waals surface area contributed by atoms with Crippen molar-refractivity contribution in [2.75, 3.05) is 16.4 Å². The number of H-pyrrole nitrogens is 1. The number of anilines is 2. The van der Waals surface area contributed by atoms with E-state index in [1.54, 1.807) is 59.9 Å². The Labute approximate surface area is 204 Å². The Morgan fingerprint density at radius 2 is 1.82 bits per heavy atom. The summed E-state index contributed by atoms with van der Waals surface area (Å²) in [5, 5.41) is 6.42. The molecule has 0 radical (unpaired) electrons. The highest BCUT2D eigenvalue weighted by Crippen LogP contribution is 2.34. The summed E-state index contributed by atoms with van der Waals surface area (Å²) < 4.78 is 0. The SMILES string of the molecule is O=C(CSCc1nc2sc3c(c2c(=O)[nH]1)CCC3)Nc1cccc(NC(=O)c2ccccc2)c1. The molecule has 2 amide bonds. The van der Waals surface area contributed by atoms with Crippen molar-refractivity contribution in [2.45, 2.75) is 25.0 Å². The zero-order chi connectivity index (χ0) is 23.5. The third-order valence-electron chi connectivity index (χ3n) is 5.54. The lowest BCUT2D eigenvalue weighted by Crippen LogP contribution is -2.16. The molecule has 0 spiro atoms. The van der Waals surface area contributed by atoms with E-state index in [4.69, 9.17) is 0 Å². The molecule has 34 heavy (non-hydrogen) atoms. The van der Waals surface area contributed by atoms with Crippen LogP contribution in [0.5, 0.6) is 0 Å². The molecule has 2 aromatic carbocycles. The van der Waals surface area contributed by atoms with Crippen LogP contribution in [0.3, 0.4) is 0 Å². The molecule has 3 N–H and O–H groups in total. The Morgan fingerprint density at radius 3 is 2.65 bits per heavy atom. The molecule has 4 aromatic rings.